The third-order valence-corrected chi connectivity index (χ3v) is 3.35. The number of fused-ring (bicyclic) bond motifs is 1. The van der Waals surface area contributed by atoms with Gasteiger partial charge in [-0.2, -0.15) is 5.26 Å². The first-order valence-corrected chi connectivity index (χ1v) is 6.08. The molecule has 3 aromatic rings. The Morgan fingerprint density at radius 1 is 1.17 bits per heavy atom. The zero-order valence-corrected chi connectivity index (χ0v) is 10.8. The summed E-state index contributed by atoms with van der Waals surface area (Å²) in [5.41, 5.74) is 2.21. The Labute approximate surface area is 112 Å². The van der Waals surface area contributed by atoms with Gasteiger partial charge in [-0.1, -0.05) is 34.1 Å². The molecule has 0 spiro atoms. The van der Waals surface area contributed by atoms with Crippen LogP contribution in [0.3, 0.4) is 0 Å². The topological polar surface area (TPSA) is 54.0 Å². The largest absolute Gasteiger partial charge is 0.282 e. The van der Waals surface area contributed by atoms with E-state index in [0.29, 0.717) is 11.2 Å². The number of hydrogen-bond acceptors (Lipinski definition) is 3. The highest BCUT2D eigenvalue weighted by molar-refractivity contribution is 9.10. The summed E-state index contributed by atoms with van der Waals surface area (Å²) < 4.78 is 2.82. The van der Waals surface area contributed by atoms with Gasteiger partial charge < -0.3 is 0 Å². The van der Waals surface area contributed by atoms with E-state index in [0.717, 1.165) is 15.9 Å². The van der Waals surface area contributed by atoms with Crippen molar-refractivity contribution in [2.75, 3.05) is 0 Å². The van der Waals surface area contributed by atoms with Gasteiger partial charge >= 0.3 is 0 Å². The van der Waals surface area contributed by atoms with E-state index in [1.54, 1.807) is 12.1 Å². The van der Waals surface area contributed by atoms with Crippen LogP contribution in [0.4, 0.5) is 0 Å². The molecule has 1 aromatic carbocycles. The minimum absolute atomic E-state index is 0.577. The van der Waals surface area contributed by atoms with Gasteiger partial charge in [0.1, 0.15) is 0 Å². The summed E-state index contributed by atoms with van der Waals surface area (Å²) in [5, 5.41) is 17.1. The lowest BCUT2D eigenvalue weighted by molar-refractivity contribution is 1.11. The van der Waals surface area contributed by atoms with Gasteiger partial charge in [0.25, 0.3) is 0 Å². The predicted molar refractivity (Wildman–Crippen MR) is 70.8 cm³/mol. The molecular formula is C13H7BrN4. The van der Waals surface area contributed by atoms with E-state index in [9.17, 15) is 0 Å². The SMILES string of the molecule is N#Cc1ccn2c(-c3ccccc3Br)nnc2c1. The van der Waals surface area contributed by atoms with Crippen LogP contribution < -0.4 is 0 Å². The highest BCUT2D eigenvalue weighted by atomic mass is 79.9. The molecule has 0 aliphatic heterocycles. The summed E-state index contributed by atoms with van der Waals surface area (Å²) >= 11 is 3.50. The van der Waals surface area contributed by atoms with Crippen LogP contribution in [0.15, 0.2) is 47.1 Å². The third kappa shape index (κ3) is 1.67. The minimum atomic E-state index is 0.577. The second-order valence-corrected chi connectivity index (χ2v) is 4.61. The zero-order valence-electron chi connectivity index (χ0n) is 9.21. The lowest BCUT2D eigenvalue weighted by Gasteiger charge is -2.02. The summed E-state index contributed by atoms with van der Waals surface area (Å²) in [6.45, 7) is 0. The smallest absolute Gasteiger partial charge is 0.169 e. The Morgan fingerprint density at radius 3 is 2.78 bits per heavy atom. The van der Waals surface area contributed by atoms with E-state index in [1.807, 2.05) is 34.9 Å². The monoisotopic (exact) mass is 298 g/mol. The van der Waals surface area contributed by atoms with Gasteiger partial charge in [0, 0.05) is 22.3 Å². The highest BCUT2D eigenvalue weighted by Crippen LogP contribution is 2.26. The van der Waals surface area contributed by atoms with Crippen LogP contribution in [0.5, 0.6) is 0 Å². The average molecular weight is 299 g/mol. The standard InChI is InChI=1S/C13H7BrN4/c14-11-4-2-1-3-10(11)13-17-16-12-7-9(8-15)5-6-18(12)13/h1-7H. The Hall–Kier alpha value is -2.19. The van der Waals surface area contributed by atoms with Crippen LogP contribution in [0, 0.1) is 11.3 Å². The summed E-state index contributed by atoms with van der Waals surface area (Å²) in [5.74, 6) is 0.752. The summed E-state index contributed by atoms with van der Waals surface area (Å²) in [4.78, 5) is 0. The zero-order chi connectivity index (χ0) is 12.5. The number of pyridine rings is 1. The van der Waals surface area contributed by atoms with Crippen molar-refractivity contribution in [3.05, 3.63) is 52.6 Å². The summed E-state index contributed by atoms with van der Waals surface area (Å²) in [7, 11) is 0. The lowest BCUT2D eigenvalue weighted by atomic mass is 10.2. The number of hydrogen-bond donors (Lipinski definition) is 0. The maximum Gasteiger partial charge on any atom is 0.169 e. The molecule has 0 amide bonds. The van der Waals surface area contributed by atoms with Crippen molar-refractivity contribution >= 4 is 21.6 Å². The number of nitriles is 1. The fraction of sp³-hybridized carbons (Fsp3) is 0. The molecule has 0 aliphatic carbocycles. The van der Waals surface area contributed by atoms with Gasteiger partial charge in [-0.15, -0.1) is 10.2 Å². The molecule has 0 saturated carbocycles. The molecule has 0 fully saturated rings. The molecule has 86 valence electrons. The van der Waals surface area contributed by atoms with Crippen LogP contribution >= 0.6 is 15.9 Å². The van der Waals surface area contributed by atoms with Gasteiger partial charge in [-0.3, -0.25) is 4.40 Å². The molecule has 0 bridgehead atoms. The quantitative estimate of drug-likeness (QED) is 0.694. The molecule has 0 atom stereocenters. The number of rotatable bonds is 1. The van der Waals surface area contributed by atoms with Gasteiger partial charge in [0.2, 0.25) is 0 Å². The Bertz CT molecular complexity index is 770. The van der Waals surface area contributed by atoms with Crippen molar-refractivity contribution in [3.63, 3.8) is 0 Å². The van der Waals surface area contributed by atoms with Gasteiger partial charge in [0.05, 0.1) is 11.6 Å². The van der Waals surface area contributed by atoms with Crippen LogP contribution in [-0.2, 0) is 0 Å². The first-order valence-electron chi connectivity index (χ1n) is 5.29. The lowest BCUT2D eigenvalue weighted by Crippen LogP contribution is -1.90. The second-order valence-electron chi connectivity index (χ2n) is 3.76. The van der Waals surface area contributed by atoms with Crippen LogP contribution in [0.25, 0.3) is 17.0 Å². The number of aromatic nitrogens is 3. The van der Waals surface area contributed by atoms with Crippen molar-refractivity contribution in [3.8, 4) is 17.5 Å². The first kappa shape index (κ1) is 10.9. The van der Waals surface area contributed by atoms with Gasteiger partial charge in [0.15, 0.2) is 11.5 Å². The number of nitrogens with zero attached hydrogens (tertiary/aromatic N) is 4. The molecule has 4 nitrogen and oxygen atoms in total. The Kier molecular flexibility index (Phi) is 2.58. The Balaban J connectivity index is 2.26. The Morgan fingerprint density at radius 2 is 2.00 bits per heavy atom. The van der Waals surface area contributed by atoms with Crippen molar-refractivity contribution in [2.24, 2.45) is 0 Å². The summed E-state index contributed by atoms with van der Waals surface area (Å²) in [6.07, 6.45) is 1.81. The van der Waals surface area contributed by atoms with Crippen LogP contribution in [0.2, 0.25) is 0 Å². The molecule has 18 heavy (non-hydrogen) atoms. The van der Waals surface area contributed by atoms with E-state index in [-0.39, 0.29) is 0 Å². The first-order chi connectivity index (χ1) is 8.79. The average Bonchev–Trinajstić information content (AvgIpc) is 2.82. The van der Waals surface area contributed by atoms with Crippen LogP contribution in [-0.4, -0.2) is 14.6 Å². The molecule has 3 rings (SSSR count). The van der Waals surface area contributed by atoms with Crippen molar-refractivity contribution in [1.82, 2.24) is 14.6 Å². The number of halogens is 1. The fourth-order valence-electron chi connectivity index (χ4n) is 1.79. The summed E-state index contributed by atoms with van der Waals surface area (Å²) in [6, 6.07) is 13.4. The van der Waals surface area contributed by atoms with E-state index in [1.165, 1.54) is 0 Å². The molecule has 5 heteroatoms. The number of benzene rings is 1. The molecule has 0 saturated heterocycles. The van der Waals surface area contributed by atoms with E-state index >= 15 is 0 Å². The predicted octanol–water partition coefficient (Wildman–Crippen LogP) is 3.03. The highest BCUT2D eigenvalue weighted by Gasteiger charge is 2.10. The maximum atomic E-state index is 8.85. The molecule has 0 unspecified atom stereocenters. The van der Waals surface area contributed by atoms with E-state index < -0.39 is 0 Å². The third-order valence-electron chi connectivity index (χ3n) is 2.65. The molecule has 2 aromatic heterocycles. The normalized spacial score (nSPS) is 10.4. The molecule has 0 N–H and O–H groups in total. The van der Waals surface area contributed by atoms with E-state index in [2.05, 4.69) is 32.2 Å². The van der Waals surface area contributed by atoms with Crippen molar-refractivity contribution < 1.29 is 0 Å². The molecule has 2 heterocycles. The molecule has 0 aliphatic rings. The minimum Gasteiger partial charge on any atom is -0.282 e. The molecule has 0 radical (unpaired) electrons. The van der Waals surface area contributed by atoms with E-state index in [4.69, 9.17) is 5.26 Å². The molecular weight excluding hydrogens is 292 g/mol. The van der Waals surface area contributed by atoms with Gasteiger partial charge in [-0.05, 0) is 12.1 Å². The van der Waals surface area contributed by atoms with Gasteiger partial charge in [-0.25, -0.2) is 0 Å². The fourth-order valence-corrected chi connectivity index (χ4v) is 2.25. The maximum absolute atomic E-state index is 8.85. The van der Waals surface area contributed by atoms with Crippen molar-refractivity contribution in [2.45, 2.75) is 0 Å². The second kappa shape index (κ2) is 4.24. The van der Waals surface area contributed by atoms with Crippen molar-refractivity contribution in [1.29, 1.82) is 5.26 Å². The van der Waals surface area contributed by atoms with Crippen LogP contribution in [0.1, 0.15) is 5.56 Å².